The zero-order valence-corrected chi connectivity index (χ0v) is 10.5. The fraction of sp³-hybridized carbons (Fsp3) is 0.917. The lowest BCUT2D eigenvalue weighted by molar-refractivity contribution is -0.133. The molecule has 1 aliphatic heterocycles. The van der Waals surface area contributed by atoms with Gasteiger partial charge in [0.05, 0.1) is 19.6 Å². The van der Waals surface area contributed by atoms with E-state index in [1.165, 1.54) is 0 Å². The van der Waals surface area contributed by atoms with E-state index < -0.39 is 0 Å². The van der Waals surface area contributed by atoms with E-state index >= 15 is 0 Å². The molecule has 94 valence electrons. The lowest BCUT2D eigenvalue weighted by Crippen LogP contribution is -2.38. The maximum atomic E-state index is 11.8. The van der Waals surface area contributed by atoms with Crippen molar-refractivity contribution in [3.63, 3.8) is 0 Å². The van der Waals surface area contributed by atoms with Crippen LogP contribution < -0.4 is 5.32 Å². The molecule has 4 heteroatoms. The van der Waals surface area contributed by atoms with Gasteiger partial charge in [0, 0.05) is 19.6 Å². The van der Waals surface area contributed by atoms with Crippen molar-refractivity contribution < 1.29 is 9.53 Å². The van der Waals surface area contributed by atoms with E-state index in [1.54, 1.807) is 0 Å². The van der Waals surface area contributed by atoms with Crippen LogP contribution in [0.25, 0.3) is 0 Å². The largest absolute Gasteiger partial charge is 0.380 e. The molecule has 0 spiro atoms. The Morgan fingerprint density at radius 3 is 2.69 bits per heavy atom. The summed E-state index contributed by atoms with van der Waals surface area (Å²) in [5.74, 6) is 1.02. The van der Waals surface area contributed by atoms with Crippen LogP contribution in [0.15, 0.2) is 0 Å². The number of nitrogens with zero attached hydrogens (tertiary/aromatic N) is 1. The topological polar surface area (TPSA) is 41.6 Å². The molecule has 0 unspecified atom stereocenters. The van der Waals surface area contributed by atoms with E-state index in [-0.39, 0.29) is 5.91 Å². The molecule has 1 aliphatic rings. The molecule has 0 aromatic heterocycles. The molecule has 1 rings (SSSR count). The van der Waals surface area contributed by atoms with Gasteiger partial charge in [-0.25, -0.2) is 0 Å². The van der Waals surface area contributed by atoms with E-state index in [4.69, 9.17) is 4.74 Å². The maximum Gasteiger partial charge on any atom is 0.224 e. The van der Waals surface area contributed by atoms with Crippen LogP contribution in [-0.4, -0.2) is 50.7 Å². The number of carbonyl (C=O) groups excluding carboxylic acids is 1. The molecule has 0 aromatic carbocycles. The van der Waals surface area contributed by atoms with Crippen molar-refractivity contribution in [1.29, 1.82) is 0 Å². The van der Waals surface area contributed by atoms with Crippen molar-refractivity contribution in [2.24, 2.45) is 5.92 Å². The first-order valence-corrected chi connectivity index (χ1v) is 6.24. The maximum absolute atomic E-state index is 11.8. The van der Waals surface area contributed by atoms with Crippen molar-refractivity contribution in [1.82, 2.24) is 10.2 Å². The van der Waals surface area contributed by atoms with Crippen molar-refractivity contribution in [3.05, 3.63) is 0 Å². The first-order chi connectivity index (χ1) is 7.74. The second kappa shape index (κ2) is 7.63. The molecule has 1 amide bonds. The Kier molecular flexibility index (Phi) is 6.42. The van der Waals surface area contributed by atoms with Gasteiger partial charge < -0.3 is 15.0 Å². The van der Waals surface area contributed by atoms with E-state index in [1.807, 2.05) is 11.9 Å². The predicted octanol–water partition coefficient (Wildman–Crippen LogP) is 0.871. The van der Waals surface area contributed by atoms with Crippen LogP contribution in [-0.2, 0) is 9.53 Å². The zero-order chi connectivity index (χ0) is 11.8. The van der Waals surface area contributed by atoms with Gasteiger partial charge in [-0.05, 0) is 25.8 Å². The van der Waals surface area contributed by atoms with E-state index in [0.717, 1.165) is 38.4 Å². The van der Waals surface area contributed by atoms with Crippen molar-refractivity contribution in [2.45, 2.75) is 26.2 Å². The molecule has 0 atom stereocenters. The number of amides is 1. The quantitative estimate of drug-likeness (QED) is 0.686. The molecule has 0 saturated carbocycles. The van der Waals surface area contributed by atoms with Gasteiger partial charge in [-0.2, -0.15) is 0 Å². The van der Waals surface area contributed by atoms with Crippen LogP contribution in [0.4, 0.5) is 0 Å². The van der Waals surface area contributed by atoms with Crippen LogP contribution in [0, 0.1) is 5.92 Å². The molecule has 0 aliphatic carbocycles. The second-order valence-corrected chi connectivity index (χ2v) is 4.53. The first-order valence-electron chi connectivity index (χ1n) is 6.24. The SMILES string of the molecule is CNCCOCCC(=O)N1CCC(C)CC1. The lowest BCUT2D eigenvalue weighted by Gasteiger charge is -2.30. The minimum atomic E-state index is 0.247. The number of piperidine rings is 1. The van der Waals surface area contributed by atoms with E-state index in [9.17, 15) is 4.79 Å². The summed E-state index contributed by atoms with van der Waals surface area (Å²) in [5.41, 5.74) is 0. The van der Waals surface area contributed by atoms with Crippen LogP contribution >= 0.6 is 0 Å². The molecule has 1 saturated heterocycles. The van der Waals surface area contributed by atoms with Gasteiger partial charge in [0.15, 0.2) is 0 Å². The summed E-state index contributed by atoms with van der Waals surface area (Å²) in [5, 5.41) is 3.00. The number of hydrogen-bond donors (Lipinski definition) is 1. The fourth-order valence-corrected chi connectivity index (χ4v) is 1.85. The summed E-state index contributed by atoms with van der Waals surface area (Å²) >= 11 is 0. The van der Waals surface area contributed by atoms with Gasteiger partial charge in [-0.3, -0.25) is 4.79 Å². The third-order valence-corrected chi connectivity index (χ3v) is 3.09. The molecule has 4 nitrogen and oxygen atoms in total. The third-order valence-electron chi connectivity index (χ3n) is 3.09. The standard InChI is InChI=1S/C12H24N2O2/c1-11-3-7-14(8-4-11)12(15)5-9-16-10-6-13-2/h11,13H,3-10H2,1-2H3. The van der Waals surface area contributed by atoms with Gasteiger partial charge in [0.2, 0.25) is 5.91 Å². The summed E-state index contributed by atoms with van der Waals surface area (Å²) in [6, 6.07) is 0. The van der Waals surface area contributed by atoms with Gasteiger partial charge in [-0.1, -0.05) is 6.92 Å². The number of hydrogen-bond acceptors (Lipinski definition) is 3. The number of carbonyl (C=O) groups is 1. The van der Waals surface area contributed by atoms with Crippen LogP contribution in [0.3, 0.4) is 0 Å². The number of rotatable bonds is 6. The molecule has 0 aromatic rings. The average Bonchev–Trinajstić information content (AvgIpc) is 2.29. The van der Waals surface area contributed by atoms with Crippen molar-refractivity contribution in [3.8, 4) is 0 Å². The molecule has 16 heavy (non-hydrogen) atoms. The second-order valence-electron chi connectivity index (χ2n) is 4.53. The van der Waals surface area contributed by atoms with Gasteiger partial charge in [0.1, 0.15) is 0 Å². The summed E-state index contributed by atoms with van der Waals surface area (Å²) in [7, 11) is 1.89. The Labute approximate surface area is 98.3 Å². The Bertz CT molecular complexity index is 201. The van der Waals surface area contributed by atoms with Crippen LogP contribution in [0.1, 0.15) is 26.2 Å². The molecule has 1 fully saturated rings. The van der Waals surface area contributed by atoms with Crippen molar-refractivity contribution in [2.75, 3.05) is 39.9 Å². The van der Waals surface area contributed by atoms with Crippen LogP contribution in [0.2, 0.25) is 0 Å². The number of likely N-dealkylation sites (N-methyl/N-ethyl adjacent to an activating group) is 1. The Hall–Kier alpha value is -0.610. The van der Waals surface area contributed by atoms with Gasteiger partial charge in [0.25, 0.3) is 0 Å². The normalized spacial score (nSPS) is 17.8. The van der Waals surface area contributed by atoms with E-state index in [0.29, 0.717) is 19.6 Å². The summed E-state index contributed by atoms with van der Waals surface area (Å²) < 4.78 is 5.35. The highest BCUT2D eigenvalue weighted by Gasteiger charge is 2.19. The molecular weight excluding hydrogens is 204 g/mol. The summed E-state index contributed by atoms with van der Waals surface area (Å²) in [6.07, 6.45) is 2.82. The molecular formula is C12H24N2O2. The molecule has 1 N–H and O–H groups in total. The zero-order valence-electron chi connectivity index (χ0n) is 10.5. The first kappa shape index (κ1) is 13.5. The van der Waals surface area contributed by atoms with Crippen LogP contribution in [0.5, 0.6) is 0 Å². The fourth-order valence-electron chi connectivity index (χ4n) is 1.85. The number of nitrogens with one attached hydrogen (secondary N) is 1. The highest BCUT2D eigenvalue weighted by Crippen LogP contribution is 2.16. The minimum absolute atomic E-state index is 0.247. The summed E-state index contributed by atoms with van der Waals surface area (Å²) in [4.78, 5) is 13.7. The molecule has 0 radical (unpaired) electrons. The minimum Gasteiger partial charge on any atom is -0.380 e. The monoisotopic (exact) mass is 228 g/mol. The average molecular weight is 228 g/mol. The molecule has 1 heterocycles. The molecule has 0 bridgehead atoms. The van der Waals surface area contributed by atoms with Gasteiger partial charge in [-0.15, -0.1) is 0 Å². The highest BCUT2D eigenvalue weighted by molar-refractivity contribution is 5.76. The lowest BCUT2D eigenvalue weighted by atomic mass is 9.99. The van der Waals surface area contributed by atoms with E-state index in [2.05, 4.69) is 12.2 Å². The summed E-state index contributed by atoms with van der Waals surface area (Å²) in [6.45, 7) is 6.18. The number of likely N-dealkylation sites (tertiary alicyclic amines) is 1. The Morgan fingerprint density at radius 2 is 2.06 bits per heavy atom. The Balaban J connectivity index is 2.06. The van der Waals surface area contributed by atoms with Crippen molar-refractivity contribution >= 4 is 5.91 Å². The highest BCUT2D eigenvalue weighted by atomic mass is 16.5. The predicted molar refractivity (Wildman–Crippen MR) is 64.3 cm³/mol. The van der Waals surface area contributed by atoms with Gasteiger partial charge >= 0.3 is 0 Å². The third kappa shape index (κ3) is 4.94. The Morgan fingerprint density at radius 1 is 1.38 bits per heavy atom. The smallest absolute Gasteiger partial charge is 0.224 e. The number of ether oxygens (including phenoxy) is 1.